The first-order valence-corrected chi connectivity index (χ1v) is 6.18. The number of nitrogens with one attached hydrogen (secondary N) is 1. The van der Waals surface area contributed by atoms with E-state index < -0.39 is 12.8 Å². The van der Waals surface area contributed by atoms with Crippen LogP contribution in [0.25, 0.3) is 0 Å². The molecule has 4 nitrogen and oxygen atoms in total. The van der Waals surface area contributed by atoms with E-state index in [1.165, 1.54) is 0 Å². The van der Waals surface area contributed by atoms with Crippen LogP contribution in [0, 0.1) is 0 Å². The van der Waals surface area contributed by atoms with Crippen molar-refractivity contribution < 1.29 is 17.9 Å². The Bertz CT molecular complexity index is 433. The van der Waals surface area contributed by atoms with Crippen LogP contribution in [-0.2, 0) is 11.2 Å². The van der Waals surface area contributed by atoms with Crippen molar-refractivity contribution in [3.8, 4) is 0 Å². The highest BCUT2D eigenvalue weighted by molar-refractivity contribution is 5.37. The van der Waals surface area contributed by atoms with Gasteiger partial charge in [-0.2, -0.15) is 13.2 Å². The lowest BCUT2D eigenvalue weighted by Gasteiger charge is -2.09. The van der Waals surface area contributed by atoms with E-state index in [0.717, 1.165) is 18.5 Å². The standard InChI is InChI=1S/C12H16F3N3O/c1-16-11-6-9(8-2-3-8)17-10(18-11)4-5-19-7-12(13,14)15/h6,8H,2-5,7H2,1H3,(H,16,17,18). The van der Waals surface area contributed by atoms with Crippen LogP contribution in [0.4, 0.5) is 19.0 Å². The van der Waals surface area contributed by atoms with E-state index in [9.17, 15) is 13.2 Å². The maximum absolute atomic E-state index is 11.9. The van der Waals surface area contributed by atoms with Crippen molar-refractivity contribution in [3.05, 3.63) is 17.6 Å². The second-order valence-corrected chi connectivity index (χ2v) is 4.54. The summed E-state index contributed by atoms with van der Waals surface area (Å²) in [5, 5.41) is 2.93. The molecule has 0 unspecified atom stereocenters. The van der Waals surface area contributed by atoms with Gasteiger partial charge in [-0.05, 0) is 12.8 Å². The van der Waals surface area contributed by atoms with E-state index in [1.54, 1.807) is 7.05 Å². The highest BCUT2D eigenvalue weighted by Crippen LogP contribution is 2.39. The first-order chi connectivity index (χ1) is 8.98. The van der Waals surface area contributed by atoms with Gasteiger partial charge in [-0.25, -0.2) is 9.97 Å². The molecule has 1 aliphatic carbocycles. The Morgan fingerprint density at radius 2 is 2.11 bits per heavy atom. The molecule has 1 heterocycles. The average Bonchev–Trinajstić information content (AvgIpc) is 3.17. The summed E-state index contributed by atoms with van der Waals surface area (Å²) in [6.07, 6.45) is -1.77. The van der Waals surface area contributed by atoms with Crippen molar-refractivity contribution in [3.63, 3.8) is 0 Å². The molecule has 7 heteroatoms. The minimum absolute atomic E-state index is 0.0310. The first kappa shape index (κ1) is 14.0. The fourth-order valence-electron chi connectivity index (χ4n) is 1.70. The van der Waals surface area contributed by atoms with Crippen LogP contribution < -0.4 is 5.32 Å². The Morgan fingerprint density at radius 3 is 2.68 bits per heavy atom. The normalized spacial score (nSPS) is 15.6. The van der Waals surface area contributed by atoms with E-state index in [1.807, 2.05) is 6.07 Å². The molecule has 1 N–H and O–H groups in total. The SMILES string of the molecule is CNc1cc(C2CC2)nc(CCOCC(F)(F)F)n1. The largest absolute Gasteiger partial charge is 0.411 e. The molecule has 1 aliphatic rings. The van der Waals surface area contributed by atoms with Crippen molar-refractivity contribution in [2.24, 2.45) is 0 Å². The predicted molar refractivity (Wildman–Crippen MR) is 64.1 cm³/mol. The quantitative estimate of drug-likeness (QED) is 0.810. The Hall–Kier alpha value is -1.37. The Balaban J connectivity index is 1.90. The molecule has 0 aliphatic heterocycles. The fourth-order valence-corrected chi connectivity index (χ4v) is 1.70. The predicted octanol–water partition coefficient (Wildman–Crippen LogP) is 2.52. The van der Waals surface area contributed by atoms with Gasteiger partial charge in [0, 0.05) is 31.1 Å². The molecule has 2 rings (SSSR count). The minimum Gasteiger partial charge on any atom is -0.373 e. The van der Waals surface area contributed by atoms with E-state index >= 15 is 0 Å². The number of nitrogens with zero attached hydrogens (tertiary/aromatic N) is 2. The molecule has 0 atom stereocenters. The summed E-state index contributed by atoms with van der Waals surface area (Å²) >= 11 is 0. The lowest BCUT2D eigenvalue weighted by atomic mass is 10.2. The van der Waals surface area contributed by atoms with Gasteiger partial charge < -0.3 is 10.1 Å². The van der Waals surface area contributed by atoms with Gasteiger partial charge >= 0.3 is 6.18 Å². The number of ether oxygens (including phenoxy) is 1. The van der Waals surface area contributed by atoms with Gasteiger partial charge in [0.05, 0.1) is 6.61 Å². The number of aromatic nitrogens is 2. The third-order valence-electron chi connectivity index (χ3n) is 2.78. The number of halogens is 3. The van der Waals surface area contributed by atoms with Crippen LogP contribution in [0.2, 0.25) is 0 Å². The number of rotatable bonds is 6. The van der Waals surface area contributed by atoms with Gasteiger partial charge in [-0.15, -0.1) is 0 Å². The summed E-state index contributed by atoms with van der Waals surface area (Å²) in [5.41, 5.74) is 0.963. The molecule has 0 aromatic carbocycles. The van der Waals surface area contributed by atoms with Crippen molar-refractivity contribution in [1.29, 1.82) is 0 Å². The molecule has 1 aromatic rings. The molecule has 106 valence electrons. The van der Waals surface area contributed by atoms with Gasteiger partial charge in [0.25, 0.3) is 0 Å². The maximum atomic E-state index is 11.9. The topological polar surface area (TPSA) is 47.0 Å². The second-order valence-electron chi connectivity index (χ2n) is 4.54. The lowest BCUT2D eigenvalue weighted by Crippen LogP contribution is -2.18. The van der Waals surface area contributed by atoms with Crippen LogP contribution in [0.3, 0.4) is 0 Å². The van der Waals surface area contributed by atoms with Crippen molar-refractivity contribution in [2.75, 3.05) is 25.6 Å². The highest BCUT2D eigenvalue weighted by atomic mass is 19.4. The molecule has 1 saturated carbocycles. The van der Waals surface area contributed by atoms with Crippen LogP contribution in [0.5, 0.6) is 0 Å². The van der Waals surface area contributed by atoms with Crippen LogP contribution >= 0.6 is 0 Å². The molecule has 0 amide bonds. The number of hydrogen-bond donors (Lipinski definition) is 1. The number of hydrogen-bond acceptors (Lipinski definition) is 4. The van der Waals surface area contributed by atoms with Crippen LogP contribution in [0.1, 0.15) is 30.3 Å². The highest BCUT2D eigenvalue weighted by Gasteiger charge is 2.28. The fraction of sp³-hybridized carbons (Fsp3) is 0.667. The summed E-state index contributed by atoms with van der Waals surface area (Å²) in [5.74, 6) is 1.70. The number of anilines is 1. The summed E-state index contributed by atoms with van der Waals surface area (Å²) < 4.78 is 40.3. The zero-order valence-electron chi connectivity index (χ0n) is 10.6. The van der Waals surface area contributed by atoms with Crippen LogP contribution in [-0.4, -0.2) is 36.4 Å². The molecule has 0 bridgehead atoms. The van der Waals surface area contributed by atoms with Crippen molar-refractivity contribution >= 4 is 5.82 Å². The third-order valence-corrected chi connectivity index (χ3v) is 2.78. The second kappa shape index (κ2) is 5.73. The van der Waals surface area contributed by atoms with E-state index in [4.69, 9.17) is 0 Å². The molecular weight excluding hydrogens is 259 g/mol. The Morgan fingerprint density at radius 1 is 1.37 bits per heavy atom. The number of alkyl halides is 3. The monoisotopic (exact) mass is 275 g/mol. The van der Waals surface area contributed by atoms with Crippen molar-refractivity contribution in [1.82, 2.24) is 9.97 Å². The molecule has 0 saturated heterocycles. The summed E-state index contributed by atoms with van der Waals surface area (Å²) in [7, 11) is 1.75. The molecule has 19 heavy (non-hydrogen) atoms. The molecular formula is C12H16F3N3O. The first-order valence-electron chi connectivity index (χ1n) is 6.18. The lowest BCUT2D eigenvalue weighted by molar-refractivity contribution is -0.173. The molecule has 1 fully saturated rings. The van der Waals surface area contributed by atoms with Gasteiger partial charge in [0.1, 0.15) is 18.2 Å². The summed E-state index contributed by atoms with van der Waals surface area (Å²) in [6, 6.07) is 1.89. The van der Waals surface area contributed by atoms with Gasteiger partial charge in [0.2, 0.25) is 0 Å². The summed E-state index contributed by atoms with van der Waals surface area (Å²) in [6.45, 7) is -1.26. The molecule has 0 spiro atoms. The van der Waals surface area contributed by atoms with E-state index in [0.29, 0.717) is 17.6 Å². The Labute approximate surface area is 109 Å². The minimum atomic E-state index is -4.28. The Kier molecular flexibility index (Phi) is 4.24. The van der Waals surface area contributed by atoms with Gasteiger partial charge in [-0.3, -0.25) is 0 Å². The zero-order valence-corrected chi connectivity index (χ0v) is 10.6. The van der Waals surface area contributed by atoms with Gasteiger partial charge in [-0.1, -0.05) is 0 Å². The average molecular weight is 275 g/mol. The van der Waals surface area contributed by atoms with E-state index in [-0.39, 0.29) is 13.0 Å². The van der Waals surface area contributed by atoms with Gasteiger partial charge in [0.15, 0.2) is 0 Å². The third kappa shape index (κ3) is 4.66. The zero-order chi connectivity index (χ0) is 13.9. The van der Waals surface area contributed by atoms with E-state index in [2.05, 4.69) is 20.0 Å². The van der Waals surface area contributed by atoms with Crippen LogP contribution in [0.15, 0.2) is 6.07 Å². The summed E-state index contributed by atoms with van der Waals surface area (Å²) in [4.78, 5) is 8.58. The maximum Gasteiger partial charge on any atom is 0.411 e. The molecule has 1 aromatic heterocycles. The smallest absolute Gasteiger partial charge is 0.373 e. The molecule has 0 radical (unpaired) electrons. The van der Waals surface area contributed by atoms with Crippen molar-refractivity contribution in [2.45, 2.75) is 31.4 Å².